The van der Waals surface area contributed by atoms with Crippen molar-refractivity contribution in [3.63, 3.8) is 0 Å². The second-order valence-electron chi connectivity index (χ2n) is 9.15. The van der Waals surface area contributed by atoms with Gasteiger partial charge in [0.05, 0.1) is 0 Å². The number of hydrogen-bond acceptors (Lipinski definition) is 5. The topological polar surface area (TPSA) is 133 Å². The molecule has 10 heteroatoms. The predicted molar refractivity (Wildman–Crippen MR) is 113 cm³/mol. The number of ether oxygens (including phenoxy) is 1. The first-order valence-electron chi connectivity index (χ1n) is 11.0. The van der Waals surface area contributed by atoms with Crippen LogP contribution in [0.15, 0.2) is 12.2 Å². The number of nitrogens with one attached hydrogen (secondary N) is 1. The molecule has 3 rings (SSSR count). The van der Waals surface area contributed by atoms with Gasteiger partial charge in [0.15, 0.2) is 5.34 Å². The van der Waals surface area contributed by atoms with E-state index in [-0.39, 0.29) is 47.8 Å². The van der Waals surface area contributed by atoms with E-state index in [0.717, 1.165) is 19.3 Å². The minimum Gasteiger partial charge on any atom is -0.365 e. The number of amides is 3. The van der Waals surface area contributed by atoms with Gasteiger partial charge in [-0.3, -0.25) is 23.8 Å². The van der Waals surface area contributed by atoms with Crippen LogP contribution in [-0.2, 0) is 23.7 Å². The van der Waals surface area contributed by atoms with E-state index in [1.807, 2.05) is 6.92 Å². The first kappa shape index (κ1) is 24.1. The van der Waals surface area contributed by atoms with Crippen molar-refractivity contribution in [2.24, 2.45) is 23.7 Å². The lowest BCUT2D eigenvalue weighted by Gasteiger charge is -2.34. The lowest BCUT2D eigenvalue weighted by molar-refractivity contribution is -0.138. The van der Waals surface area contributed by atoms with Crippen molar-refractivity contribution in [3.8, 4) is 0 Å². The molecule has 0 bridgehead atoms. The van der Waals surface area contributed by atoms with Crippen molar-refractivity contribution < 1.29 is 33.5 Å². The Morgan fingerprint density at radius 3 is 2.29 bits per heavy atom. The highest BCUT2D eigenvalue weighted by Gasteiger charge is 2.60. The van der Waals surface area contributed by atoms with Crippen LogP contribution in [0.5, 0.6) is 0 Å². The summed E-state index contributed by atoms with van der Waals surface area (Å²) in [4.78, 5) is 56.9. The minimum absolute atomic E-state index is 0.0487. The Morgan fingerprint density at radius 1 is 1.23 bits per heavy atom. The van der Waals surface area contributed by atoms with Gasteiger partial charge in [-0.15, -0.1) is 0 Å². The second-order valence-corrected chi connectivity index (χ2v) is 11.0. The van der Waals surface area contributed by atoms with Gasteiger partial charge in [-0.1, -0.05) is 6.92 Å². The lowest BCUT2D eigenvalue weighted by Crippen LogP contribution is -2.39. The Balaban J connectivity index is 1.40. The quantitative estimate of drug-likeness (QED) is 0.259. The van der Waals surface area contributed by atoms with Gasteiger partial charge in [-0.05, 0) is 56.8 Å². The molecular formula is C21H33N2O7P. The SMILES string of the molecule is COC(CCCNC(=O)C1CCC(CN2C(=O)C=CC2=O)CC1)(C1CC1C)P(=O)(O)O. The van der Waals surface area contributed by atoms with Gasteiger partial charge in [-0.25, -0.2) is 0 Å². The summed E-state index contributed by atoms with van der Waals surface area (Å²) in [5.74, 6) is -0.430. The molecule has 0 aromatic heterocycles. The molecule has 2 fully saturated rings. The highest BCUT2D eigenvalue weighted by atomic mass is 31.2. The van der Waals surface area contributed by atoms with Gasteiger partial charge in [-0.2, -0.15) is 0 Å². The van der Waals surface area contributed by atoms with Gasteiger partial charge in [0.1, 0.15) is 0 Å². The van der Waals surface area contributed by atoms with Gasteiger partial charge in [0, 0.05) is 44.2 Å². The largest absolute Gasteiger partial charge is 0.365 e. The van der Waals surface area contributed by atoms with Crippen LogP contribution in [0.3, 0.4) is 0 Å². The molecule has 174 valence electrons. The zero-order chi connectivity index (χ0) is 22.8. The Morgan fingerprint density at radius 2 is 1.81 bits per heavy atom. The fraction of sp³-hybridized carbons (Fsp3) is 0.762. The molecule has 9 nitrogen and oxygen atoms in total. The van der Waals surface area contributed by atoms with E-state index < -0.39 is 12.9 Å². The summed E-state index contributed by atoms with van der Waals surface area (Å²) >= 11 is 0. The third-order valence-corrected chi connectivity index (χ3v) is 8.83. The Bertz CT molecular complexity index is 769. The standard InChI is InChI=1S/C21H33N2O7P/c1-14-12-17(14)21(30-2,31(27,28)29)10-3-11-22-20(26)16-6-4-15(5-7-16)13-23-18(24)8-9-19(23)25/h8-9,14-17H,3-7,10-13H2,1-2H3,(H,22,26)(H2,27,28,29). The number of rotatable bonds is 10. The lowest BCUT2D eigenvalue weighted by atomic mass is 9.81. The molecule has 0 spiro atoms. The Labute approximate surface area is 182 Å². The zero-order valence-electron chi connectivity index (χ0n) is 18.2. The fourth-order valence-corrected chi connectivity index (χ4v) is 6.52. The molecule has 0 aromatic rings. The summed E-state index contributed by atoms with van der Waals surface area (Å²) in [5.41, 5.74) is 0. The summed E-state index contributed by atoms with van der Waals surface area (Å²) in [6.07, 6.45) is 6.89. The Hall–Kier alpha value is -1.54. The average molecular weight is 456 g/mol. The van der Waals surface area contributed by atoms with E-state index in [0.29, 0.717) is 32.4 Å². The average Bonchev–Trinajstić information content (AvgIpc) is 3.37. The van der Waals surface area contributed by atoms with Gasteiger partial charge < -0.3 is 19.8 Å². The van der Waals surface area contributed by atoms with Crippen LogP contribution in [-0.4, -0.2) is 57.9 Å². The smallest absolute Gasteiger partial charge is 0.357 e. The minimum atomic E-state index is -4.45. The van der Waals surface area contributed by atoms with Crippen LogP contribution in [0.2, 0.25) is 0 Å². The van der Waals surface area contributed by atoms with E-state index in [4.69, 9.17) is 4.74 Å². The van der Waals surface area contributed by atoms with Gasteiger partial charge in [0.25, 0.3) is 11.8 Å². The zero-order valence-corrected chi connectivity index (χ0v) is 19.1. The van der Waals surface area contributed by atoms with Crippen LogP contribution < -0.4 is 5.32 Å². The number of nitrogens with zero attached hydrogens (tertiary/aromatic N) is 1. The van der Waals surface area contributed by atoms with Crippen molar-refractivity contribution >= 4 is 25.3 Å². The molecule has 0 saturated heterocycles. The van der Waals surface area contributed by atoms with E-state index in [9.17, 15) is 28.7 Å². The molecule has 1 heterocycles. The normalized spacial score (nSPS) is 30.4. The number of hydrogen-bond donors (Lipinski definition) is 3. The van der Waals surface area contributed by atoms with Crippen molar-refractivity contribution in [2.75, 3.05) is 20.2 Å². The Kier molecular flexibility index (Phi) is 7.41. The first-order valence-corrected chi connectivity index (χ1v) is 12.6. The maximum atomic E-state index is 12.5. The molecule has 3 N–H and O–H groups in total. The van der Waals surface area contributed by atoms with Crippen LogP contribution in [0.1, 0.15) is 51.9 Å². The summed E-state index contributed by atoms with van der Waals surface area (Å²) in [6, 6.07) is 0. The van der Waals surface area contributed by atoms with Crippen LogP contribution in [0.4, 0.5) is 0 Å². The highest BCUT2D eigenvalue weighted by Crippen LogP contribution is 2.65. The monoisotopic (exact) mass is 456 g/mol. The van der Waals surface area contributed by atoms with E-state index in [1.165, 1.54) is 24.2 Å². The van der Waals surface area contributed by atoms with Gasteiger partial charge in [0.2, 0.25) is 5.91 Å². The molecule has 3 amide bonds. The molecular weight excluding hydrogens is 423 g/mol. The molecule has 3 atom stereocenters. The number of imide groups is 1. The molecule has 1 aliphatic heterocycles. The first-order chi connectivity index (χ1) is 14.6. The van der Waals surface area contributed by atoms with E-state index in [2.05, 4.69) is 5.32 Å². The number of carbonyl (C=O) groups is 3. The maximum absolute atomic E-state index is 12.5. The highest BCUT2D eigenvalue weighted by molar-refractivity contribution is 7.53. The van der Waals surface area contributed by atoms with Crippen molar-refractivity contribution in [1.82, 2.24) is 10.2 Å². The van der Waals surface area contributed by atoms with Crippen molar-refractivity contribution in [2.45, 2.75) is 57.2 Å². The van der Waals surface area contributed by atoms with Gasteiger partial charge >= 0.3 is 7.60 Å². The molecule has 3 aliphatic rings. The predicted octanol–water partition coefficient (Wildman–Crippen LogP) is 1.79. The molecule has 0 aromatic carbocycles. The number of carbonyl (C=O) groups excluding carboxylic acids is 3. The third kappa shape index (κ3) is 5.28. The maximum Gasteiger partial charge on any atom is 0.357 e. The summed E-state index contributed by atoms with van der Waals surface area (Å²) < 4.78 is 17.5. The molecule has 31 heavy (non-hydrogen) atoms. The summed E-state index contributed by atoms with van der Waals surface area (Å²) in [5, 5.41) is 1.43. The van der Waals surface area contributed by atoms with E-state index in [1.54, 1.807) is 0 Å². The molecule has 2 aliphatic carbocycles. The second kappa shape index (κ2) is 9.53. The summed E-state index contributed by atoms with van der Waals surface area (Å²) in [6.45, 7) is 2.70. The third-order valence-electron chi connectivity index (χ3n) is 7.11. The van der Waals surface area contributed by atoms with Crippen molar-refractivity contribution in [1.29, 1.82) is 0 Å². The summed E-state index contributed by atoms with van der Waals surface area (Å²) in [7, 11) is -3.10. The van der Waals surface area contributed by atoms with Crippen LogP contribution >= 0.6 is 7.60 Å². The van der Waals surface area contributed by atoms with Crippen LogP contribution in [0, 0.1) is 23.7 Å². The molecule has 0 radical (unpaired) electrons. The molecule has 2 saturated carbocycles. The molecule has 3 unspecified atom stereocenters. The van der Waals surface area contributed by atoms with E-state index >= 15 is 0 Å². The number of methoxy groups -OCH3 is 1. The van der Waals surface area contributed by atoms with Crippen molar-refractivity contribution in [3.05, 3.63) is 12.2 Å². The fourth-order valence-electron chi connectivity index (χ4n) is 5.04. The van der Waals surface area contributed by atoms with Crippen LogP contribution in [0.25, 0.3) is 0 Å².